The Morgan fingerprint density at radius 1 is 1.16 bits per heavy atom. The van der Waals surface area contributed by atoms with Crippen molar-refractivity contribution in [1.82, 2.24) is 5.32 Å². The molecule has 25 heavy (non-hydrogen) atoms. The van der Waals surface area contributed by atoms with Crippen molar-refractivity contribution >= 4 is 21.8 Å². The van der Waals surface area contributed by atoms with E-state index in [9.17, 15) is 4.79 Å². The van der Waals surface area contributed by atoms with Gasteiger partial charge in [0, 0.05) is 13.0 Å². The van der Waals surface area contributed by atoms with Crippen molar-refractivity contribution in [3.05, 3.63) is 64.1 Å². The minimum absolute atomic E-state index is 0.0775. The summed E-state index contributed by atoms with van der Waals surface area (Å²) in [4.78, 5) is 11.9. The van der Waals surface area contributed by atoms with Crippen molar-refractivity contribution in [2.24, 2.45) is 0 Å². The second-order valence-electron chi connectivity index (χ2n) is 6.38. The molecule has 0 atom stereocenters. The molecule has 0 aliphatic rings. The molecule has 0 saturated heterocycles. The number of halogens is 1. The van der Waals surface area contributed by atoms with Crippen LogP contribution < -0.4 is 10.1 Å². The lowest BCUT2D eigenvalue weighted by Crippen LogP contribution is -2.25. The molecule has 1 N–H and O–H groups in total. The van der Waals surface area contributed by atoms with Gasteiger partial charge >= 0.3 is 0 Å². The molecule has 0 radical (unpaired) electrons. The van der Waals surface area contributed by atoms with Crippen LogP contribution >= 0.6 is 15.9 Å². The summed E-state index contributed by atoms with van der Waals surface area (Å²) >= 11 is 3.55. The molecule has 0 spiro atoms. The molecule has 134 valence electrons. The van der Waals surface area contributed by atoms with Crippen LogP contribution in [0, 0.1) is 0 Å². The number of carbonyl (C=O) groups excluding carboxylic acids is 1. The molecular formula is C21H26BrNO2. The Bertz CT molecular complexity index is 671. The maximum Gasteiger partial charge on any atom is 0.220 e. The Kier molecular flexibility index (Phi) is 7.99. The van der Waals surface area contributed by atoms with Gasteiger partial charge in [-0.3, -0.25) is 4.79 Å². The van der Waals surface area contributed by atoms with Crippen molar-refractivity contribution in [3.63, 3.8) is 0 Å². The summed E-state index contributed by atoms with van der Waals surface area (Å²) in [6.45, 7) is 5.54. The Morgan fingerprint density at radius 3 is 2.60 bits per heavy atom. The predicted molar refractivity (Wildman–Crippen MR) is 106 cm³/mol. The van der Waals surface area contributed by atoms with Gasteiger partial charge in [0.25, 0.3) is 0 Å². The van der Waals surface area contributed by atoms with Gasteiger partial charge in [0.1, 0.15) is 5.75 Å². The fourth-order valence-corrected chi connectivity index (χ4v) is 3.00. The molecule has 0 aliphatic carbocycles. The number of ether oxygens (including phenoxy) is 1. The quantitative estimate of drug-likeness (QED) is 0.592. The standard InChI is InChI=1S/C21H26BrNO2/c1-16(2)18-10-11-20(19(22)15-18)25-14-6-9-21(24)23-13-12-17-7-4-3-5-8-17/h3-5,7-8,10-11,15-16H,6,9,12-14H2,1-2H3,(H,23,24). The van der Waals surface area contributed by atoms with E-state index in [-0.39, 0.29) is 5.91 Å². The zero-order valence-corrected chi connectivity index (χ0v) is 16.5. The average molecular weight is 404 g/mol. The number of carbonyl (C=O) groups is 1. The zero-order valence-electron chi connectivity index (χ0n) is 14.9. The second kappa shape index (κ2) is 10.2. The van der Waals surface area contributed by atoms with E-state index in [0.29, 0.717) is 31.9 Å². The van der Waals surface area contributed by atoms with Gasteiger partial charge in [-0.15, -0.1) is 0 Å². The maximum atomic E-state index is 11.9. The second-order valence-corrected chi connectivity index (χ2v) is 7.24. The first-order chi connectivity index (χ1) is 12.1. The molecule has 0 bridgehead atoms. The molecule has 0 fully saturated rings. The van der Waals surface area contributed by atoms with Crippen molar-refractivity contribution in [2.75, 3.05) is 13.2 Å². The molecule has 0 aromatic heterocycles. The minimum Gasteiger partial charge on any atom is -0.492 e. The number of hydrogen-bond acceptors (Lipinski definition) is 2. The summed E-state index contributed by atoms with van der Waals surface area (Å²) in [6, 6.07) is 16.3. The summed E-state index contributed by atoms with van der Waals surface area (Å²) in [5.41, 5.74) is 2.51. The molecule has 1 amide bonds. The van der Waals surface area contributed by atoms with Gasteiger partial charge in [-0.2, -0.15) is 0 Å². The summed E-state index contributed by atoms with van der Waals surface area (Å²) in [5.74, 6) is 1.40. The summed E-state index contributed by atoms with van der Waals surface area (Å²) in [5, 5.41) is 2.96. The molecule has 4 heteroatoms. The van der Waals surface area contributed by atoms with E-state index in [4.69, 9.17) is 4.74 Å². The summed E-state index contributed by atoms with van der Waals surface area (Å²) in [7, 11) is 0. The Morgan fingerprint density at radius 2 is 1.92 bits per heavy atom. The molecule has 3 nitrogen and oxygen atoms in total. The Balaban J connectivity index is 1.63. The van der Waals surface area contributed by atoms with Crippen LogP contribution in [0.15, 0.2) is 53.0 Å². The van der Waals surface area contributed by atoms with Crippen LogP contribution in [0.2, 0.25) is 0 Å². The molecule has 0 heterocycles. The molecule has 2 rings (SSSR count). The minimum atomic E-state index is 0.0775. The fraction of sp³-hybridized carbons (Fsp3) is 0.381. The van der Waals surface area contributed by atoms with Crippen molar-refractivity contribution in [2.45, 2.75) is 39.0 Å². The predicted octanol–water partition coefficient (Wildman–Crippen LogP) is 5.09. The van der Waals surface area contributed by atoms with Crippen LogP contribution in [0.1, 0.15) is 43.7 Å². The largest absolute Gasteiger partial charge is 0.492 e. The van der Waals surface area contributed by atoms with Gasteiger partial charge in [-0.25, -0.2) is 0 Å². The lowest BCUT2D eigenvalue weighted by Gasteiger charge is -2.11. The highest BCUT2D eigenvalue weighted by Gasteiger charge is 2.06. The van der Waals surface area contributed by atoms with Crippen molar-refractivity contribution < 1.29 is 9.53 Å². The lowest BCUT2D eigenvalue weighted by molar-refractivity contribution is -0.121. The first-order valence-electron chi connectivity index (χ1n) is 8.79. The highest BCUT2D eigenvalue weighted by Crippen LogP contribution is 2.29. The normalized spacial score (nSPS) is 10.7. The number of amides is 1. The van der Waals surface area contributed by atoms with E-state index >= 15 is 0 Å². The van der Waals surface area contributed by atoms with Crippen molar-refractivity contribution in [1.29, 1.82) is 0 Å². The van der Waals surface area contributed by atoms with E-state index in [2.05, 4.69) is 59.4 Å². The molecule has 0 unspecified atom stereocenters. The highest BCUT2D eigenvalue weighted by atomic mass is 79.9. The Hall–Kier alpha value is -1.81. The fourth-order valence-electron chi connectivity index (χ4n) is 2.49. The molecule has 2 aromatic carbocycles. The third-order valence-corrected chi connectivity index (χ3v) is 4.63. The summed E-state index contributed by atoms with van der Waals surface area (Å²) in [6.07, 6.45) is 2.05. The first-order valence-corrected chi connectivity index (χ1v) is 9.58. The number of benzene rings is 2. The van der Waals surface area contributed by atoms with E-state index < -0.39 is 0 Å². The van der Waals surface area contributed by atoms with Crippen LogP contribution in [0.4, 0.5) is 0 Å². The molecule has 2 aromatic rings. The number of rotatable bonds is 9. The van der Waals surface area contributed by atoms with Gasteiger partial charge < -0.3 is 10.1 Å². The zero-order chi connectivity index (χ0) is 18.1. The Labute approximate surface area is 158 Å². The monoisotopic (exact) mass is 403 g/mol. The number of nitrogens with one attached hydrogen (secondary N) is 1. The van der Waals surface area contributed by atoms with E-state index in [1.165, 1.54) is 11.1 Å². The molecule has 0 saturated carbocycles. The SMILES string of the molecule is CC(C)c1ccc(OCCCC(=O)NCCc2ccccc2)c(Br)c1. The van der Waals surface area contributed by atoms with Crippen LogP contribution in [0.3, 0.4) is 0 Å². The smallest absolute Gasteiger partial charge is 0.220 e. The highest BCUT2D eigenvalue weighted by molar-refractivity contribution is 9.10. The van der Waals surface area contributed by atoms with Crippen LogP contribution in [-0.4, -0.2) is 19.1 Å². The molecular weight excluding hydrogens is 378 g/mol. The van der Waals surface area contributed by atoms with Gasteiger partial charge in [0.05, 0.1) is 11.1 Å². The van der Waals surface area contributed by atoms with E-state index in [1.807, 2.05) is 24.3 Å². The average Bonchev–Trinajstić information content (AvgIpc) is 2.60. The van der Waals surface area contributed by atoms with Gasteiger partial charge in [0.2, 0.25) is 5.91 Å². The van der Waals surface area contributed by atoms with Gasteiger partial charge in [-0.05, 0) is 57.9 Å². The third-order valence-electron chi connectivity index (χ3n) is 4.01. The first kappa shape index (κ1) is 19.5. The lowest BCUT2D eigenvalue weighted by atomic mass is 10.0. The van der Waals surface area contributed by atoms with Crippen molar-refractivity contribution in [3.8, 4) is 5.75 Å². The maximum absolute atomic E-state index is 11.9. The van der Waals surface area contributed by atoms with E-state index in [0.717, 1.165) is 16.6 Å². The van der Waals surface area contributed by atoms with Crippen LogP contribution in [-0.2, 0) is 11.2 Å². The van der Waals surface area contributed by atoms with Gasteiger partial charge in [-0.1, -0.05) is 50.2 Å². The summed E-state index contributed by atoms with van der Waals surface area (Å²) < 4.78 is 6.73. The topological polar surface area (TPSA) is 38.3 Å². The number of hydrogen-bond donors (Lipinski definition) is 1. The van der Waals surface area contributed by atoms with E-state index in [1.54, 1.807) is 0 Å². The molecule has 0 aliphatic heterocycles. The van der Waals surface area contributed by atoms with Crippen LogP contribution in [0.5, 0.6) is 5.75 Å². The van der Waals surface area contributed by atoms with Crippen LogP contribution in [0.25, 0.3) is 0 Å². The third kappa shape index (κ3) is 6.91. The van der Waals surface area contributed by atoms with Gasteiger partial charge in [0.15, 0.2) is 0 Å².